The van der Waals surface area contributed by atoms with Crippen LogP contribution in [0.4, 0.5) is 0 Å². The van der Waals surface area contributed by atoms with Crippen molar-refractivity contribution in [1.82, 2.24) is 14.5 Å². The fraction of sp³-hybridized carbons (Fsp3) is 0. The number of benzene rings is 6. The van der Waals surface area contributed by atoms with Crippen molar-refractivity contribution >= 4 is 32.6 Å². The van der Waals surface area contributed by atoms with E-state index in [0.717, 1.165) is 28.2 Å². The zero-order valence-corrected chi connectivity index (χ0v) is 22.1. The van der Waals surface area contributed by atoms with Gasteiger partial charge in [-0.05, 0) is 63.9 Å². The van der Waals surface area contributed by atoms with Crippen molar-refractivity contribution in [3.05, 3.63) is 140 Å². The molecule has 2 aromatic heterocycles. The molecule has 8 aromatic rings. The Morgan fingerprint density at radius 3 is 2.12 bits per heavy atom. The van der Waals surface area contributed by atoms with Crippen molar-refractivity contribution in [3.63, 3.8) is 0 Å². The van der Waals surface area contributed by atoms with Gasteiger partial charge < -0.3 is 4.57 Å². The van der Waals surface area contributed by atoms with Gasteiger partial charge >= 0.3 is 0 Å². The van der Waals surface area contributed by atoms with Gasteiger partial charge in [0.15, 0.2) is 5.82 Å². The lowest BCUT2D eigenvalue weighted by Gasteiger charge is -2.09. The third-order valence-electron chi connectivity index (χ3n) is 8.38. The number of hydrogen-bond donors (Lipinski definition) is 0. The van der Waals surface area contributed by atoms with Crippen molar-refractivity contribution in [2.45, 2.75) is 0 Å². The van der Waals surface area contributed by atoms with E-state index < -0.39 is 0 Å². The van der Waals surface area contributed by atoms with E-state index in [2.05, 4.69) is 138 Å². The van der Waals surface area contributed by atoms with Gasteiger partial charge in [0, 0.05) is 39.3 Å². The van der Waals surface area contributed by atoms with Crippen LogP contribution in [0.3, 0.4) is 0 Å². The normalized spacial score (nSPS) is 11.9. The first-order chi connectivity index (χ1) is 20.3. The maximum Gasteiger partial charge on any atom is 0.159 e. The van der Waals surface area contributed by atoms with Crippen LogP contribution in [0.2, 0.25) is 0 Å². The lowest BCUT2D eigenvalue weighted by atomic mass is 10.0. The SMILES string of the molecule is c1ccc(-n2c3ccccc3c3cc(-c4cccc(-c5ncc6c(n5)-c5cccc7cccc-6c57)c4)ccc32)cc1. The van der Waals surface area contributed by atoms with Gasteiger partial charge in [0.2, 0.25) is 0 Å². The summed E-state index contributed by atoms with van der Waals surface area (Å²) in [7, 11) is 0. The van der Waals surface area contributed by atoms with Gasteiger partial charge in [0.1, 0.15) is 0 Å². The average molecular weight is 522 g/mol. The van der Waals surface area contributed by atoms with Crippen LogP contribution in [0.15, 0.2) is 140 Å². The molecule has 0 fully saturated rings. The predicted molar refractivity (Wildman–Crippen MR) is 169 cm³/mol. The van der Waals surface area contributed by atoms with Gasteiger partial charge in [0.05, 0.1) is 16.7 Å². The molecular formula is C38H23N3. The largest absolute Gasteiger partial charge is 0.309 e. The molecule has 2 heterocycles. The Morgan fingerprint density at radius 2 is 1.22 bits per heavy atom. The first kappa shape index (κ1) is 22.3. The predicted octanol–water partition coefficient (Wildman–Crippen LogP) is 9.71. The first-order valence-corrected chi connectivity index (χ1v) is 13.9. The number of para-hydroxylation sites is 2. The number of aromatic nitrogens is 3. The van der Waals surface area contributed by atoms with Crippen molar-refractivity contribution < 1.29 is 0 Å². The molecule has 0 unspecified atom stereocenters. The third kappa shape index (κ3) is 3.26. The van der Waals surface area contributed by atoms with Crippen molar-refractivity contribution in [1.29, 1.82) is 0 Å². The summed E-state index contributed by atoms with van der Waals surface area (Å²) in [6, 6.07) is 47.5. The fourth-order valence-corrected chi connectivity index (χ4v) is 6.53. The molecule has 0 atom stereocenters. The van der Waals surface area contributed by atoms with Crippen LogP contribution in [0.1, 0.15) is 0 Å². The highest BCUT2D eigenvalue weighted by atomic mass is 15.0. The third-order valence-corrected chi connectivity index (χ3v) is 8.38. The van der Waals surface area contributed by atoms with Crippen LogP contribution in [-0.4, -0.2) is 14.5 Å². The lowest BCUT2D eigenvalue weighted by Crippen LogP contribution is -1.93. The van der Waals surface area contributed by atoms with Gasteiger partial charge in [-0.2, -0.15) is 0 Å². The van der Waals surface area contributed by atoms with Crippen LogP contribution >= 0.6 is 0 Å². The molecule has 0 N–H and O–H groups in total. The van der Waals surface area contributed by atoms with E-state index >= 15 is 0 Å². The molecule has 0 radical (unpaired) electrons. The van der Waals surface area contributed by atoms with Gasteiger partial charge in [-0.25, -0.2) is 9.97 Å². The summed E-state index contributed by atoms with van der Waals surface area (Å²) in [5.41, 5.74) is 11.4. The molecule has 3 nitrogen and oxygen atoms in total. The molecule has 3 heteroatoms. The lowest BCUT2D eigenvalue weighted by molar-refractivity contribution is 1.18. The summed E-state index contributed by atoms with van der Waals surface area (Å²) >= 11 is 0. The molecule has 6 aromatic carbocycles. The van der Waals surface area contributed by atoms with Gasteiger partial charge in [0.25, 0.3) is 0 Å². The second kappa shape index (κ2) is 8.48. The quantitative estimate of drug-likeness (QED) is 0.232. The van der Waals surface area contributed by atoms with Gasteiger partial charge in [-0.1, -0.05) is 97.1 Å². The summed E-state index contributed by atoms with van der Waals surface area (Å²) in [6.45, 7) is 0. The second-order valence-electron chi connectivity index (χ2n) is 10.7. The van der Waals surface area contributed by atoms with E-state index in [4.69, 9.17) is 9.97 Å². The number of nitrogens with zero attached hydrogens (tertiary/aromatic N) is 3. The molecule has 190 valence electrons. The summed E-state index contributed by atoms with van der Waals surface area (Å²) in [4.78, 5) is 9.95. The standard InChI is InChI=1S/C38H23N3/c1-2-13-28(14-3-1)41-34-18-5-4-15-29(34)32-22-26(19-20-35(32)41)25-11-6-12-27(21-25)38-39-23-33-30-16-7-9-24-10-8-17-31(36(24)30)37(33)40-38/h1-23H. The number of hydrogen-bond acceptors (Lipinski definition) is 2. The van der Waals surface area contributed by atoms with E-state index in [-0.39, 0.29) is 0 Å². The molecule has 0 saturated heterocycles. The molecule has 1 aliphatic carbocycles. The average Bonchev–Trinajstić information content (AvgIpc) is 3.55. The minimum Gasteiger partial charge on any atom is -0.309 e. The maximum absolute atomic E-state index is 5.11. The molecule has 0 spiro atoms. The summed E-state index contributed by atoms with van der Waals surface area (Å²) in [6.07, 6.45) is 1.99. The Morgan fingerprint density at radius 1 is 0.488 bits per heavy atom. The Kier molecular flexibility index (Phi) is 4.61. The fourth-order valence-electron chi connectivity index (χ4n) is 6.53. The maximum atomic E-state index is 5.11. The number of rotatable bonds is 3. The molecule has 0 saturated carbocycles. The minimum atomic E-state index is 0.747. The zero-order valence-electron chi connectivity index (χ0n) is 22.1. The van der Waals surface area contributed by atoms with Crippen molar-refractivity contribution in [2.24, 2.45) is 0 Å². The first-order valence-electron chi connectivity index (χ1n) is 13.9. The van der Waals surface area contributed by atoms with E-state index in [9.17, 15) is 0 Å². The molecule has 1 aliphatic rings. The molecule has 9 rings (SSSR count). The minimum absolute atomic E-state index is 0.747. The van der Waals surface area contributed by atoms with Crippen LogP contribution < -0.4 is 0 Å². The van der Waals surface area contributed by atoms with Crippen molar-refractivity contribution in [2.75, 3.05) is 0 Å². The molecule has 41 heavy (non-hydrogen) atoms. The van der Waals surface area contributed by atoms with Gasteiger partial charge in [-0.15, -0.1) is 0 Å². The Labute approximate surface area is 237 Å². The summed E-state index contributed by atoms with van der Waals surface area (Å²) in [5.74, 6) is 0.747. The van der Waals surface area contributed by atoms with Crippen LogP contribution in [-0.2, 0) is 0 Å². The van der Waals surface area contributed by atoms with E-state index in [1.54, 1.807) is 0 Å². The van der Waals surface area contributed by atoms with Crippen LogP contribution in [0.25, 0.3) is 83.2 Å². The molecule has 0 aliphatic heterocycles. The summed E-state index contributed by atoms with van der Waals surface area (Å²) in [5, 5.41) is 5.01. The zero-order chi connectivity index (χ0) is 26.9. The Balaban J connectivity index is 1.17. The molecular weight excluding hydrogens is 498 g/mol. The Bertz CT molecular complexity index is 2310. The van der Waals surface area contributed by atoms with Crippen LogP contribution in [0, 0.1) is 0 Å². The molecule has 0 amide bonds. The van der Waals surface area contributed by atoms with E-state index in [1.807, 2.05) is 6.20 Å². The topological polar surface area (TPSA) is 30.7 Å². The smallest absolute Gasteiger partial charge is 0.159 e. The number of fused-ring (bicyclic) bond motifs is 6. The second-order valence-corrected chi connectivity index (χ2v) is 10.7. The molecule has 0 bridgehead atoms. The highest BCUT2D eigenvalue weighted by molar-refractivity contribution is 6.14. The van der Waals surface area contributed by atoms with Crippen molar-refractivity contribution in [3.8, 4) is 50.6 Å². The van der Waals surface area contributed by atoms with E-state index in [1.165, 1.54) is 55.0 Å². The highest BCUT2D eigenvalue weighted by Crippen LogP contribution is 2.46. The Hall–Kier alpha value is -5.54. The summed E-state index contributed by atoms with van der Waals surface area (Å²) < 4.78 is 2.35. The van der Waals surface area contributed by atoms with Crippen LogP contribution in [0.5, 0.6) is 0 Å². The monoisotopic (exact) mass is 521 g/mol. The highest BCUT2D eigenvalue weighted by Gasteiger charge is 2.23. The van der Waals surface area contributed by atoms with E-state index in [0.29, 0.717) is 0 Å². The van der Waals surface area contributed by atoms with Gasteiger partial charge in [-0.3, -0.25) is 0 Å².